The summed E-state index contributed by atoms with van der Waals surface area (Å²) in [5, 5.41) is 13.4. The molecule has 1 aromatic heterocycles. The van der Waals surface area contributed by atoms with Gasteiger partial charge in [-0.05, 0) is 18.1 Å². The average molecular weight is 569 g/mol. The van der Waals surface area contributed by atoms with Crippen molar-refractivity contribution in [2.24, 2.45) is 0 Å². The van der Waals surface area contributed by atoms with Crippen molar-refractivity contribution in [3.8, 4) is 0 Å². The van der Waals surface area contributed by atoms with Gasteiger partial charge in [-0.3, -0.25) is 4.79 Å². The molecule has 0 aliphatic heterocycles. The largest absolute Gasteiger partial charge is 0.480 e. The van der Waals surface area contributed by atoms with Crippen LogP contribution in [0, 0.1) is 0 Å². The standard InChI is InChI=1S/C36H60N2O3/c1-2-3-4-5-6-7-8-9-10-11-12-13-14-15-16-17-18-19-20-21-22-23-28-35(39)38-34(36(40)41)29-31-30-37-33-27-25-24-26-32(31)33/h24-27,30,34,37H,2-23,28-29H2,1H3,(H,38,39)(H,40,41)/t34-/m0/s1. The Kier molecular flexibility index (Phi) is 19.8. The predicted octanol–water partition coefficient (Wildman–Crippen LogP) is 10.3. The molecule has 1 heterocycles. The van der Waals surface area contributed by atoms with Gasteiger partial charge in [0.2, 0.25) is 5.91 Å². The van der Waals surface area contributed by atoms with Crippen molar-refractivity contribution in [2.45, 2.75) is 167 Å². The molecular formula is C36H60N2O3. The number of nitrogens with one attached hydrogen (secondary N) is 2. The summed E-state index contributed by atoms with van der Waals surface area (Å²) >= 11 is 0. The maximum atomic E-state index is 12.4. The Hall–Kier alpha value is -2.30. The highest BCUT2D eigenvalue weighted by atomic mass is 16.4. The molecule has 3 N–H and O–H groups in total. The number of hydrogen-bond donors (Lipinski definition) is 3. The summed E-state index contributed by atoms with van der Waals surface area (Å²) in [5.74, 6) is -1.15. The molecule has 0 aliphatic rings. The van der Waals surface area contributed by atoms with Gasteiger partial charge < -0.3 is 15.4 Å². The van der Waals surface area contributed by atoms with E-state index in [1.54, 1.807) is 0 Å². The molecule has 0 radical (unpaired) electrons. The number of carboxylic acids is 1. The van der Waals surface area contributed by atoms with E-state index in [1.165, 1.54) is 122 Å². The number of amides is 1. The van der Waals surface area contributed by atoms with Crippen molar-refractivity contribution in [3.63, 3.8) is 0 Å². The number of aliphatic carboxylic acids is 1. The minimum atomic E-state index is -0.988. The van der Waals surface area contributed by atoms with Crippen molar-refractivity contribution < 1.29 is 14.7 Å². The summed E-state index contributed by atoms with van der Waals surface area (Å²) in [4.78, 5) is 27.3. The molecule has 5 heteroatoms. The van der Waals surface area contributed by atoms with Crippen LogP contribution in [0.25, 0.3) is 10.9 Å². The van der Waals surface area contributed by atoms with E-state index in [0.29, 0.717) is 6.42 Å². The lowest BCUT2D eigenvalue weighted by Gasteiger charge is -2.14. The van der Waals surface area contributed by atoms with Crippen LogP contribution in [0.2, 0.25) is 0 Å². The van der Waals surface area contributed by atoms with Gasteiger partial charge in [0, 0.05) is 29.9 Å². The third-order valence-electron chi connectivity index (χ3n) is 8.49. The molecule has 0 bridgehead atoms. The highest BCUT2D eigenvalue weighted by Gasteiger charge is 2.21. The van der Waals surface area contributed by atoms with Crippen molar-refractivity contribution in [1.29, 1.82) is 0 Å². The summed E-state index contributed by atoms with van der Waals surface area (Å²) in [6, 6.07) is 6.92. The molecule has 1 amide bonds. The number of unbranched alkanes of at least 4 members (excludes halogenated alkanes) is 21. The number of H-pyrrole nitrogens is 1. The molecule has 0 fully saturated rings. The van der Waals surface area contributed by atoms with Gasteiger partial charge >= 0.3 is 5.97 Å². The van der Waals surface area contributed by atoms with Crippen LogP contribution in [0.4, 0.5) is 0 Å². The van der Waals surface area contributed by atoms with Crippen molar-refractivity contribution >= 4 is 22.8 Å². The highest BCUT2D eigenvalue weighted by Crippen LogP contribution is 2.20. The number of rotatable bonds is 27. The van der Waals surface area contributed by atoms with E-state index in [1.807, 2.05) is 30.5 Å². The van der Waals surface area contributed by atoms with E-state index in [4.69, 9.17) is 0 Å². The van der Waals surface area contributed by atoms with Crippen LogP contribution in [0.3, 0.4) is 0 Å². The van der Waals surface area contributed by atoms with Gasteiger partial charge in [0.1, 0.15) is 6.04 Å². The van der Waals surface area contributed by atoms with Gasteiger partial charge in [-0.25, -0.2) is 4.79 Å². The van der Waals surface area contributed by atoms with Crippen molar-refractivity contribution in [3.05, 3.63) is 36.0 Å². The third-order valence-corrected chi connectivity index (χ3v) is 8.49. The van der Waals surface area contributed by atoms with Gasteiger partial charge in [-0.15, -0.1) is 0 Å². The number of carboxylic acid groups (broad SMARTS) is 1. The molecule has 232 valence electrons. The molecule has 2 rings (SSSR count). The second kappa shape index (κ2) is 23.3. The van der Waals surface area contributed by atoms with Gasteiger partial charge in [-0.1, -0.05) is 160 Å². The molecule has 1 atom stereocenters. The monoisotopic (exact) mass is 568 g/mol. The first kappa shape index (κ1) is 34.9. The topological polar surface area (TPSA) is 82.2 Å². The molecule has 5 nitrogen and oxygen atoms in total. The molecule has 1 aromatic carbocycles. The number of aromatic nitrogens is 1. The lowest BCUT2D eigenvalue weighted by molar-refractivity contribution is -0.141. The molecule has 0 spiro atoms. The van der Waals surface area contributed by atoms with E-state index < -0.39 is 12.0 Å². The van der Waals surface area contributed by atoms with Crippen LogP contribution in [0.15, 0.2) is 30.5 Å². The van der Waals surface area contributed by atoms with E-state index >= 15 is 0 Å². The molecule has 0 saturated heterocycles. The van der Waals surface area contributed by atoms with Crippen molar-refractivity contribution in [1.82, 2.24) is 10.3 Å². The predicted molar refractivity (Wildman–Crippen MR) is 173 cm³/mol. The minimum Gasteiger partial charge on any atom is -0.480 e. The first-order valence-corrected chi connectivity index (χ1v) is 17.2. The summed E-state index contributed by atoms with van der Waals surface area (Å²) in [5.41, 5.74) is 1.89. The maximum absolute atomic E-state index is 12.4. The fourth-order valence-corrected chi connectivity index (χ4v) is 5.88. The zero-order chi connectivity index (χ0) is 29.4. The Labute approximate surface area is 250 Å². The third kappa shape index (κ3) is 16.7. The fourth-order valence-electron chi connectivity index (χ4n) is 5.88. The van der Waals surface area contributed by atoms with Crippen LogP contribution < -0.4 is 5.32 Å². The van der Waals surface area contributed by atoms with Crippen molar-refractivity contribution in [2.75, 3.05) is 0 Å². The zero-order valence-electron chi connectivity index (χ0n) is 26.2. The number of fused-ring (bicyclic) bond motifs is 1. The zero-order valence-corrected chi connectivity index (χ0v) is 26.2. The Balaban J connectivity index is 1.35. The summed E-state index contributed by atoms with van der Waals surface area (Å²) in [6.45, 7) is 2.29. The molecule has 0 aliphatic carbocycles. The van der Waals surface area contributed by atoms with Crippen LogP contribution in [-0.4, -0.2) is 28.0 Å². The van der Waals surface area contributed by atoms with Crippen LogP contribution in [-0.2, 0) is 16.0 Å². The lowest BCUT2D eigenvalue weighted by Crippen LogP contribution is -2.42. The summed E-state index contributed by atoms with van der Waals surface area (Å²) < 4.78 is 0. The van der Waals surface area contributed by atoms with Crippen LogP contribution in [0.1, 0.15) is 160 Å². The first-order valence-electron chi connectivity index (χ1n) is 17.2. The van der Waals surface area contributed by atoms with Gasteiger partial charge in [-0.2, -0.15) is 0 Å². The average Bonchev–Trinajstić information content (AvgIpc) is 3.38. The van der Waals surface area contributed by atoms with E-state index in [-0.39, 0.29) is 12.3 Å². The Morgan fingerprint density at radius 2 is 1.12 bits per heavy atom. The van der Waals surface area contributed by atoms with Gasteiger partial charge in [0.05, 0.1) is 0 Å². The number of carbonyl (C=O) groups excluding carboxylic acids is 1. The molecule has 2 aromatic rings. The van der Waals surface area contributed by atoms with E-state index in [0.717, 1.165) is 35.7 Å². The van der Waals surface area contributed by atoms with Crippen LogP contribution >= 0.6 is 0 Å². The van der Waals surface area contributed by atoms with Crippen LogP contribution in [0.5, 0.6) is 0 Å². The quantitative estimate of drug-likeness (QED) is 0.0938. The summed E-state index contributed by atoms with van der Waals surface area (Å²) in [6.07, 6.45) is 32.1. The SMILES string of the molecule is CCCCCCCCCCCCCCCCCCCCCCCCC(=O)N[C@@H](Cc1c[nH]c2ccccc12)C(=O)O. The molecular weight excluding hydrogens is 508 g/mol. The number of carbonyl (C=O) groups is 2. The van der Waals surface area contributed by atoms with Gasteiger partial charge in [0.15, 0.2) is 0 Å². The first-order chi connectivity index (χ1) is 20.1. The molecule has 41 heavy (non-hydrogen) atoms. The smallest absolute Gasteiger partial charge is 0.326 e. The number of hydrogen-bond acceptors (Lipinski definition) is 2. The highest BCUT2D eigenvalue weighted by molar-refractivity contribution is 5.86. The fraction of sp³-hybridized carbons (Fsp3) is 0.722. The van der Waals surface area contributed by atoms with E-state index in [2.05, 4.69) is 17.2 Å². The summed E-state index contributed by atoms with van der Waals surface area (Å²) in [7, 11) is 0. The number of para-hydroxylation sites is 1. The molecule has 0 saturated carbocycles. The minimum absolute atomic E-state index is 0.162. The number of aromatic amines is 1. The normalized spacial score (nSPS) is 12.1. The Morgan fingerprint density at radius 1 is 0.683 bits per heavy atom. The maximum Gasteiger partial charge on any atom is 0.326 e. The van der Waals surface area contributed by atoms with E-state index in [9.17, 15) is 14.7 Å². The Morgan fingerprint density at radius 3 is 1.59 bits per heavy atom. The van der Waals surface area contributed by atoms with Gasteiger partial charge in [0.25, 0.3) is 0 Å². The lowest BCUT2D eigenvalue weighted by atomic mass is 10.0. The number of benzene rings is 1. The second-order valence-electron chi connectivity index (χ2n) is 12.2. The second-order valence-corrected chi connectivity index (χ2v) is 12.2. The Bertz CT molecular complexity index is 938. The molecule has 0 unspecified atom stereocenters.